The van der Waals surface area contributed by atoms with Crippen molar-refractivity contribution in [3.8, 4) is 0 Å². The van der Waals surface area contributed by atoms with Gasteiger partial charge in [-0.25, -0.2) is 4.79 Å². The fraction of sp³-hybridized carbons (Fsp3) is 0.179. The maximum Gasteiger partial charge on any atom is 0.338 e. The highest BCUT2D eigenvalue weighted by Gasteiger charge is 2.21. The molecule has 0 saturated heterocycles. The molecule has 0 aliphatic rings. The molecule has 0 heterocycles. The van der Waals surface area contributed by atoms with E-state index in [4.69, 9.17) is 4.74 Å². The largest absolute Gasteiger partial charge is 0.462 e. The number of nitrogens with one attached hydrogen (secondary N) is 1. The monoisotopic (exact) mass is 441 g/mol. The minimum atomic E-state index is -0.676. The molecule has 3 rings (SSSR count). The van der Waals surface area contributed by atoms with Crippen molar-refractivity contribution in [1.82, 2.24) is 5.32 Å². The topological polar surface area (TPSA) is 72.5 Å². The Morgan fingerprint density at radius 3 is 2.12 bits per heavy atom. The molecule has 168 valence electrons. The smallest absolute Gasteiger partial charge is 0.338 e. The summed E-state index contributed by atoms with van der Waals surface area (Å²) in [6.07, 6.45) is 3.69. The molecule has 3 aromatic rings. The molecule has 0 fully saturated rings. The van der Waals surface area contributed by atoms with E-state index in [-0.39, 0.29) is 18.1 Å². The molecular weight excluding hydrogens is 414 g/mol. The zero-order valence-electron chi connectivity index (χ0n) is 18.6. The number of carbonyl (C=O) groups excluding carboxylic acids is 3. The van der Waals surface area contributed by atoms with Crippen molar-refractivity contribution in [1.29, 1.82) is 0 Å². The van der Waals surface area contributed by atoms with E-state index >= 15 is 0 Å². The Morgan fingerprint density at radius 1 is 0.848 bits per heavy atom. The summed E-state index contributed by atoms with van der Waals surface area (Å²) in [5.41, 5.74) is 3.06. The van der Waals surface area contributed by atoms with Crippen molar-refractivity contribution < 1.29 is 19.1 Å². The summed E-state index contributed by atoms with van der Waals surface area (Å²) in [5.74, 6) is -0.829. The van der Waals surface area contributed by atoms with Crippen molar-refractivity contribution in [2.24, 2.45) is 0 Å². The fourth-order valence-electron chi connectivity index (χ4n) is 3.35. The third kappa shape index (κ3) is 7.58. The van der Waals surface area contributed by atoms with E-state index in [1.807, 2.05) is 60.7 Å². The van der Waals surface area contributed by atoms with Gasteiger partial charge in [0.2, 0.25) is 5.91 Å². The zero-order chi connectivity index (χ0) is 23.5. The van der Waals surface area contributed by atoms with E-state index in [9.17, 15) is 14.4 Å². The van der Waals surface area contributed by atoms with E-state index in [0.29, 0.717) is 18.6 Å². The van der Waals surface area contributed by atoms with E-state index in [2.05, 4.69) is 5.32 Å². The Hall–Kier alpha value is -3.99. The molecular formula is C28H27NO4. The highest BCUT2D eigenvalue weighted by molar-refractivity contribution is 5.96. The second kappa shape index (κ2) is 12.2. The van der Waals surface area contributed by atoms with Crippen LogP contribution < -0.4 is 5.32 Å². The highest BCUT2D eigenvalue weighted by atomic mass is 16.5. The van der Waals surface area contributed by atoms with Gasteiger partial charge in [0, 0.05) is 12.5 Å². The Balaban J connectivity index is 1.70. The van der Waals surface area contributed by atoms with E-state index < -0.39 is 12.0 Å². The van der Waals surface area contributed by atoms with Crippen LogP contribution in [0.4, 0.5) is 0 Å². The number of esters is 1. The number of Topliss-reactive ketones (excluding diaryl/α,β-unsaturated/α-hetero) is 1. The Morgan fingerprint density at radius 2 is 1.48 bits per heavy atom. The summed E-state index contributed by atoms with van der Waals surface area (Å²) in [7, 11) is 0. The van der Waals surface area contributed by atoms with Gasteiger partial charge in [0.15, 0.2) is 5.78 Å². The molecule has 0 saturated carbocycles. The standard InChI is InChI=1S/C28H27NO4/c1-2-33-28(32)24-16-13-23(14-17-24)20-26(30)25(19-22-11-7-4-8-12-22)29-27(31)18-15-21-9-5-3-6-10-21/h3-18,25H,2,19-20H2,1H3,(H,29,31)/b18-15+/t25-/m0/s1. The number of ether oxygens (including phenoxy) is 1. The van der Waals surface area contributed by atoms with Crippen LogP contribution in [0.5, 0.6) is 0 Å². The maximum absolute atomic E-state index is 13.1. The lowest BCUT2D eigenvalue weighted by Crippen LogP contribution is -2.42. The maximum atomic E-state index is 13.1. The Labute approximate surface area is 194 Å². The molecule has 3 aromatic carbocycles. The van der Waals surface area contributed by atoms with E-state index in [1.165, 1.54) is 6.08 Å². The van der Waals surface area contributed by atoms with Crippen LogP contribution in [0.3, 0.4) is 0 Å². The van der Waals surface area contributed by atoms with Crippen LogP contribution in [-0.4, -0.2) is 30.3 Å². The van der Waals surface area contributed by atoms with Gasteiger partial charge in [-0.1, -0.05) is 72.8 Å². The molecule has 33 heavy (non-hydrogen) atoms. The summed E-state index contributed by atoms with van der Waals surface area (Å²) >= 11 is 0. The van der Waals surface area contributed by atoms with Crippen LogP contribution in [0.2, 0.25) is 0 Å². The van der Waals surface area contributed by atoms with Crippen LogP contribution in [-0.2, 0) is 27.2 Å². The SMILES string of the molecule is CCOC(=O)c1ccc(CC(=O)[C@H](Cc2ccccc2)NC(=O)/C=C/c2ccccc2)cc1. The first-order valence-electron chi connectivity index (χ1n) is 10.9. The van der Waals surface area contributed by atoms with Crippen LogP contribution >= 0.6 is 0 Å². The number of benzene rings is 3. The summed E-state index contributed by atoms with van der Waals surface area (Å²) in [4.78, 5) is 37.5. The van der Waals surface area contributed by atoms with Gasteiger partial charge in [-0.3, -0.25) is 9.59 Å². The first kappa shape index (κ1) is 23.7. The molecule has 1 N–H and O–H groups in total. The van der Waals surface area contributed by atoms with Crippen LogP contribution in [0.15, 0.2) is 91.0 Å². The van der Waals surface area contributed by atoms with Crippen molar-refractivity contribution in [3.63, 3.8) is 0 Å². The molecule has 5 nitrogen and oxygen atoms in total. The van der Waals surface area contributed by atoms with Crippen LogP contribution in [0.1, 0.15) is 34.0 Å². The molecule has 0 aromatic heterocycles. The lowest BCUT2D eigenvalue weighted by atomic mass is 9.97. The zero-order valence-corrected chi connectivity index (χ0v) is 18.6. The van der Waals surface area contributed by atoms with E-state index in [1.54, 1.807) is 37.3 Å². The third-order valence-electron chi connectivity index (χ3n) is 5.06. The normalized spacial score (nSPS) is 11.7. The number of rotatable bonds is 10. The lowest BCUT2D eigenvalue weighted by Gasteiger charge is -2.17. The average molecular weight is 442 g/mol. The molecule has 0 radical (unpaired) electrons. The predicted molar refractivity (Wildman–Crippen MR) is 129 cm³/mol. The number of hydrogen-bond acceptors (Lipinski definition) is 4. The highest BCUT2D eigenvalue weighted by Crippen LogP contribution is 2.11. The minimum absolute atomic E-state index is 0.107. The van der Waals surface area contributed by atoms with Gasteiger partial charge >= 0.3 is 5.97 Å². The number of hydrogen-bond donors (Lipinski definition) is 1. The lowest BCUT2D eigenvalue weighted by molar-refractivity contribution is -0.125. The fourth-order valence-corrected chi connectivity index (χ4v) is 3.35. The molecule has 0 aliphatic heterocycles. The van der Waals surface area contributed by atoms with Gasteiger partial charge in [0.25, 0.3) is 0 Å². The van der Waals surface area contributed by atoms with Gasteiger partial charge in [-0.05, 0) is 48.2 Å². The first-order chi connectivity index (χ1) is 16.0. The summed E-state index contributed by atoms with van der Waals surface area (Å²) in [6, 6.07) is 25.2. The number of amides is 1. The van der Waals surface area contributed by atoms with Crippen molar-refractivity contribution in [3.05, 3.63) is 113 Å². The second-order valence-corrected chi connectivity index (χ2v) is 7.56. The number of ketones is 1. The first-order valence-corrected chi connectivity index (χ1v) is 10.9. The molecule has 1 amide bonds. The second-order valence-electron chi connectivity index (χ2n) is 7.56. The summed E-state index contributed by atoms with van der Waals surface area (Å²) in [6.45, 7) is 2.06. The molecule has 0 unspecified atom stereocenters. The summed E-state index contributed by atoms with van der Waals surface area (Å²) < 4.78 is 4.99. The van der Waals surface area contributed by atoms with E-state index in [0.717, 1.165) is 16.7 Å². The van der Waals surface area contributed by atoms with Gasteiger partial charge in [0.05, 0.1) is 18.2 Å². The predicted octanol–water partition coefficient (Wildman–Crippen LogP) is 4.42. The van der Waals surface area contributed by atoms with Gasteiger partial charge in [-0.2, -0.15) is 0 Å². The molecule has 0 bridgehead atoms. The van der Waals surface area contributed by atoms with Crippen molar-refractivity contribution in [2.45, 2.75) is 25.8 Å². The van der Waals surface area contributed by atoms with Gasteiger partial charge < -0.3 is 10.1 Å². The third-order valence-corrected chi connectivity index (χ3v) is 5.06. The molecule has 5 heteroatoms. The quantitative estimate of drug-likeness (QED) is 0.374. The Bertz CT molecular complexity index is 1090. The number of carbonyl (C=O) groups is 3. The van der Waals surface area contributed by atoms with Crippen molar-refractivity contribution >= 4 is 23.7 Å². The van der Waals surface area contributed by atoms with Crippen molar-refractivity contribution in [2.75, 3.05) is 6.61 Å². The average Bonchev–Trinajstić information content (AvgIpc) is 2.84. The Kier molecular flexibility index (Phi) is 8.71. The molecule has 1 atom stereocenters. The summed E-state index contributed by atoms with van der Waals surface area (Å²) in [5, 5.41) is 2.85. The molecule has 0 spiro atoms. The minimum Gasteiger partial charge on any atom is -0.462 e. The van der Waals surface area contributed by atoms with Gasteiger partial charge in [0.1, 0.15) is 0 Å². The van der Waals surface area contributed by atoms with Crippen LogP contribution in [0.25, 0.3) is 6.08 Å². The van der Waals surface area contributed by atoms with Crippen LogP contribution in [0, 0.1) is 0 Å². The molecule has 0 aliphatic carbocycles. The van der Waals surface area contributed by atoms with Gasteiger partial charge in [-0.15, -0.1) is 0 Å².